The molecule has 0 unspecified atom stereocenters. The van der Waals surface area contributed by atoms with Crippen molar-refractivity contribution < 1.29 is 0 Å². The van der Waals surface area contributed by atoms with Gasteiger partial charge in [0.1, 0.15) is 0 Å². The summed E-state index contributed by atoms with van der Waals surface area (Å²) in [6, 6.07) is 0. The van der Waals surface area contributed by atoms with Crippen LogP contribution in [0.4, 0.5) is 0 Å². The average molecular weight is 215 g/mol. The van der Waals surface area contributed by atoms with Gasteiger partial charge >= 0.3 is 0 Å². The van der Waals surface area contributed by atoms with Crippen LogP contribution in [0.3, 0.4) is 0 Å². The van der Waals surface area contributed by atoms with E-state index >= 15 is 0 Å². The number of fused-ring (bicyclic) bond motifs is 3. The molecule has 0 saturated carbocycles. The first-order valence-electron chi connectivity index (χ1n) is 6.81. The van der Waals surface area contributed by atoms with Crippen LogP contribution in [0.1, 0.15) is 55.1 Å². The van der Waals surface area contributed by atoms with Crippen LogP contribution in [-0.4, -0.2) is 4.57 Å². The molecule has 1 aliphatic carbocycles. The Morgan fingerprint density at radius 2 is 2.12 bits per heavy atom. The first-order chi connectivity index (χ1) is 7.92. The van der Waals surface area contributed by atoms with Crippen molar-refractivity contribution >= 4 is 6.08 Å². The highest BCUT2D eigenvalue weighted by Crippen LogP contribution is 2.33. The van der Waals surface area contributed by atoms with Gasteiger partial charge in [-0.2, -0.15) is 0 Å². The lowest BCUT2D eigenvalue weighted by Gasteiger charge is -2.19. The summed E-state index contributed by atoms with van der Waals surface area (Å²) in [4.78, 5) is 0. The van der Waals surface area contributed by atoms with E-state index in [4.69, 9.17) is 0 Å². The highest BCUT2D eigenvalue weighted by atomic mass is 15.0. The van der Waals surface area contributed by atoms with Crippen molar-refractivity contribution in [3.05, 3.63) is 28.6 Å². The van der Waals surface area contributed by atoms with Gasteiger partial charge in [-0.05, 0) is 49.7 Å². The Kier molecular flexibility index (Phi) is 2.62. The van der Waals surface area contributed by atoms with E-state index in [1.165, 1.54) is 51.5 Å². The highest BCUT2D eigenvalue weighted by molar-refractivity contribution is 5.61. The summed E-state index contributed by atoms with van der Waals surface area (Å²) in [5.41, 5.74) is 6.57. The molecule has 0 fully saturated rings. The third kappa shape index (κ3) is 1.45. The van der Waals surface area contributed by atoms with Gasteiger partial charge in [0.05, 0.1) is 0 Å². The lowest BCUT2D eigenvalue weighted by atomic mass is 9.97. The molecule has 0 atom stereocenters. The first-order valence-corrected chi connectivity index (χ1v) is 6.81. The molecule has 16 heavy (non-hydrogen) atoms. The Morgan fingerprint density at radius 1 is 1.19 bits per heavy atom. The molecule has 0 bridgehead atoms. The van der Waals surface area contributed by atoms with Crippen LogP contribution in [0.25, 0.3) is 6.08 Å². The van der Waals surface area contributed by atoms with Crippen molar-refractivity contribution in [2.24, 2.45) is 0 Å². The summed E-state index contributed by atoms with van der Waals surface area (Å²) < 4.78 is 2.65. The fourth-order valence-electron chi connectivity index (χ4n) is 3.34. The van der Waals surface area contributed by atoms with E-state index in [1.54, 1.807) is 22.5 Å². The molecule has 0 spiro atoms. The van der Waals surface area contributed by atoms with E-state index in [1.807, 2.05) is 0 Å². The molecule has 1 aromatic heterocycles. The fourth-order valence-corrected chi connectivity index (χ4v) is 3.34. The van der Waals surface area contributed by atoms with E-state index in [2.05, 4.69) is 23.6 Å². The van der Waals surface area contributed by atoms with Crippen LogP contribution in [0.15, 0.2) is 6.08 Å². The first kappa shape index (κ1) is 10.2. The number of allylic oxidation sites excluding steroid dienone is 1. The Balaban J connectivity index is 2.15. The molecule has 0 aromatic carbocycles. The zero-order valence-electron chi connectivity index (χ0n) is 10.3. The molecule has 1 aromatic rings. The van der Waals surface area contributed by atoms with Crippen LogP contribution < -0.4 is 0 Å². The second-order valence-corrected chi connectivity index (χ2v) is 5.09. The molecular formula is C15H21N. The number of hydrogen-bond donors (Lipinski definition) is 0. The average Bonchev–Trinajstić information content (AvgIpc) is 2.66. The molecule has 3 rings (SSSR count). The monoisotopic (exact) mass is 215 g/mol. The summed E-state index contributed by atoms with van der Waals surface area (Å²) in [6.07, 6.45) is 13.9. The molecule has 1 nitrogen and oxygen atoms in total. The summed E-state index contributed by atoms with van der Waals surface area (Å²) in [7, 11) is 0. The van der Waals surface area contributed by atoms with Gasteiger partial charge in [-0.15, -0.1) is 0 Å². The molecule has 0 radical (unpaired) electrons. The highest BCUT2D eigenvalue weighted by Gasteiger charge is 2.23. The fraction of sp³-hybridized carbons (Fsp3) is 0.600. The third-order valence-electron chi connectivity index (χ3n) is 4.01. The van der Waals surface area contributed by atoms with Crippen LogP contribution in [0, 0.1) is 0 Å². The zero-order chi connectivity index (χ0) is 11.0. The molecule has 86 valence electrons. The topological polar surface area (TPSA) is 4.93 Å². The Morgan fingerprint density at radius 3 is 3.00 bits per heavy atom. The van der Waals surface area contributed by atoms with Crippen molar-refractivity contribution in [3.8, 4) is 0 Å². The Hall–Kier alpha value is -0.980. The van der Waals surface area contributed by atoms with Gasteiger partial charge in [-0.3, -0.25) is 0 Å². The molecule has 0 N–H and O–H groups in total. The van der Waals surface area contributed by atoms with Gasteiger partial charge < -0.3 is 4.57 Å². The van der Waals surface area contributed by atoms with E-state index < -0.39 is 0 Å². The number of aromatic nitrogens is 1. The molecule has 2 heterocycles. The lowest BCUT2D eigenvalue weighted by Crippen LogP contribution is -2.13. The third-order valence-corrected chi connectivity index (χ3v) is 4.01. The van der Waals surface area contributed by atoms with E-state index in [-0.39, 0.29) is 0 Å². The molecule has 0 saturated heterocycles. The molecular weight excluding hydrogens is 194 g/mol. The van der Waals surface area contributed by atoms with Gasteiger partial charge in [0, 0.05) is 17.9 Å². The number of nitrogens with zero attached hydrogens (tertiary/aromatic N) is 1. The quantitative estimate of drug-likeness (QED) is 0.708. The SMILES string of the molecule is CCCc1c2c(n3c1CCCC3)CCC=C2. The van der Waals surface area contributed by atoms with Crippen molar-refractivity contribution in [1.29, 1.82) is 0 Å². The Bertz CT molecular complexity index is 423. The van der Waals surface area contributed by atoms with E-state index in [0.717, 1.165) is 0 Å². The second kappa shape index (κ2) is 4.12. The summed E-state index contributed by atoms with van der Waals surface area (Å²) >= 11 is 0. The van der Waals surface area contributed by atoms with Crippen molar-refractivity contribution in [2.45, 2.75) is 58.4 Å². The summed E-state index contributed by atoms with van der Waals surface area (Å²) in [5.74, 6) is 0. The summed E-state index contributed by atoms with van der Waals surface area (Å²) in [6.45, 7) is 3.57. The minimum absolute atomic E-state index is 1.24. The smallest absolute Gasteiger partial charge is 0.0255 e. The Labute approximate surface area is 98.2 Å². The van der Waals surface area contributed by atoms with Crippen LogP contribution in [0.2, 0.25) is 0 Å². The van der Waals surface area contributed by atoms with Crippen LogP contribution >= 0.6 is 0 Å². The number of hydrogen-bond acceptors (Lipinski definition) is 0. The van der Waals surface area contributed by atoms with Crippen molar-refractivity contribution in [3.63, 3.8) is 0 Å². The standard InChI is InChI=1S/C15H21N/c1-2-7-12-13-8-3-4-9-15(13)16-11-6-5-10-14(12)16/h3,8H,2,4-7,9-11H2,1H3. The largest absolute Gasteiger partial charge is 0.348 e. The molecule has 0 amide bonds. The molecule has 1 aliphatic heterocycles. The van der Waals surface area contributed by atoms with E-state index in [9.17, 15) is 0 Å². The van der Waals surface area contributed by atoms with Crippen molar-refractivity contribution in [2.75, 3.05) is 0 Å². The maximum Gasteiger partial charge on any atom is 0.0255 e. The zero-order valence-corrected chi connectivity index (χ0v) is 10.3. The van der Waals surface area contributed by atoms with Gasteiger partial charge in [0.25, 0.3) is 0 Å². The minimum Gasteiger partial charge on any atom is -0.348 e. The van der Waals surface area contributed by atoms with Gasteiger partial charge in [0.15, 0.2) is 0 Å². The maximum atomic E-state index is 2.65. The number of rotatable bonds is 2. The second-order valence-electron chi connectivity index (χ2n) is 5.09. The normalized spacial score (nSPS) is 18.3. The molecule has 1 heteroatoms. The van der Waals surface area contributed by atoms with Crippen LogP contribution in [0.5, 0.6) is 0 Å². The van der Waals surface area contributed by atoms with Crippen molar-refractivity contribution in [1.82, 2.24) is 4.57 Å². The van der Waals surface area contributed by atoms with Crippen LogP contribution in [-0.2, 0) is 25.8 Å². The maximum absolute atomic E-state index is 2.65. The van der Waals surface area contributed by atoms with Gasteiger partial charge in [0.2, 0.25) is 0 Å². The predicted molar refractivity (Wildman–Crippen MR) is 68.7 cm³/mol. The van der Waals surface area contributed by atoms with Gasteiger partial charge in [-0.1, -0.05) is 25.5 Å². The minimum atomic E-state index is 1.24. The van der Waals surface area contributed by atoms with E-state index in [0.29, 0.717) is 0 Å². The molecule has 2 aliphatic rings. The lowest BCUT2D eigenvalue weighted by molar-refractivity contribution is 0.513. The van der Waals surface area contributed by atoms with Gasteiger partial charge in [-0.25, -0.2) is 0 Å². The summed E-state index contributed by atoms with van der Waals surface area (Å²) in [5, 5.41) is 0. The predicted octanol–water partition coefficient (Wildman–Crippen LogP) is 3.74.